The molecule has 0 aromatic heterocycles. The molecule has 32 heavy (non-hydrogen) atoms. The average molecular weight is 444 g/mol. The van der Waals surface area contributed by atoms with Gasteiger partial charge in [0, 0.05) is 31.5 Å². The molecule has 0 atom stereocenters. The molecule has 0 bridgehead atoms. The minimum Gasteiger partial charge on any atom is -0.497 e. The van der Waals surface area contributed by atoms with E-state index in [1.54, 1.807) is 24.3 Å². The van der Waals surface area contributed by atoms with Crippen LogP contribution in [0.25, 0.3) is 5.57 Å². The fourth-order valence-corrected chi connectivity index (χ4v) is 3.31. The number of nitrogens with zero attached hydrogens (tertiary/aromatic N) is 1. The van der Waals surface area contributed by atoms with E-state index in [4.69, 9.17) is 9.47 Å². The van der Waals surface area contributed by atoms with Crippen molar-refractivity contribution >= 4 is 23.1 Å². The molecule has 0 fully saturated rings. The number of amides is 2. The van der Waals surface area contributed by atoms with E-state index in [9.17, 15) is 18.4 Å². The van der Waals surface area contributed by atoms with Gasteiger partial charge >= 0.3 is 0 Å². The number of hydrogen-bond acceptors (Lipinski definition) is 5. The van der Waals surface area contributed by atoms with Gasteiger partial charge in [0.15, 0.2) is 11.6 Å². The first-order valence-electron chi connectivity index (χ1n) is 10.5. The third-order valence-electron chi connectivity index (χ3n) is 5.05. The zero-order valence-electron chi connectivity index (χ0n) is 18.1. The Hall–Kier alpha value is -3.26. The molecule has 0 saturated heterocycles. The van der Waals surface area contributed by atoms with Gasteiger partial charge in [-0.05, 0) is 42.7 Å². The van der Waals surface area contributed by atoms with Crippen molar-refractivity contribution in [3.8, 4) is 5.75 Å². The Kier molecular flexibility index (Phi) is 7.94. The van der Waals surface area contributed by atoms with Gasteiger partial charge in [-0.15, -0.1) is 0 Å². The average Bonchev–Trinajstić information content (AvgIpc) is 3.02. The van der Waals surface area contributed by atoms with Crippen LogP contribution in [-0.2, 0) is 14.3 Å². The van der Waals surface area contributed by atoms with Crippen LogP contribution < -0.4 is 10.1 Å². The van der Waals surface area contributed by atoms with Gasteiger partial charge in [-0.2, -0.15) is 0 Å². The zero-order valence-corrected chi connectivity index (χ0v) is 18.1. The van der Waals surface area contributed by atoms with Crippen molar-refractivity contribution in [2.24, 2.45) is 0 Å². The van der Waals surface area contributed by atoms with E-state index in [-0.39, 0.29) is 23.5 Å². The summed E-state index contributed by atoms with van der Waals surface area (Å²) in [6.07, 6.45) is 2.47. The Bertz CT molecular complexity index is 1010. The molecule has 2 aromatic carbocycles. The molecule has 0 aliphatic carbocycles. The molecule has 8 heteroatoms. The number of ether oxygens (including phenoxy) is 2. The molecule has 1 aliphatic rings. The van der Waals surface area contributed by atoms with E-state index in [2.05, 4.69) is 12.2 Å². The van der Waals surface area contributed by atoms with Crippen LogP contribution in [-0.4, -0.2) is 43.6 Å². The molecular weight excluding hydrogens is 418 g/mol. The molecule has 0 saturated carbocycles. The maximum Gasteiger partial charge on any atom is 0.278 e. The molecule has 1 aliphatic heterocycles. The Morgan fingerprint density at radius 2 is 1.66 bits per heavy atom. The van der Waals surface area contributed by atoms with Crippen molar-refractivity contribution < 1.29 is 27.8 Å². The second kappa shape index (κ2) is 10.9. The fourth-order valence-electron chi connectivity index (χ4n) is 3.31. The number of anilines is 1. The van der Waals surface area contributed by atoms with E-state index < -0.39 is 23.4 Å². The second-order valence-corrected chi connectivity index (χ2v) is 7.31. The van der Waals surface area contributed by atoms with Crippen LogP contribution in [0.1, 0.15) is 31.7 Å². The van der Waals surface area contributed by atoms with Crippen LogP contribution >= 0.6 is 0 Å². The first kappa shape index (κ1) is 23.4. The quantitative estimate of drug-likeness (QED) is 0.412. The van der Waals surface area contributed by atoms with Crippen LogP contribution in [0.3, 0.4) is 0 Å². The normalized spacial score (nSPS) is 13.8. The first-order chi connectivity index (χ1) is 15.5. The maximum atomic E-state index is 13.7. The maximum absolute atomic E-state index is 13.7. The van der Waals surface area contributed by atoms with E-state index in [1.807, 2.05) is 0 Å². The summed E-state index contributed by atoms with van der Waals surface area (Å²) in [5, 5.41) is 2.81. The van der Waals surface area contributed by atoms with Crippen molar-refractivity contribution in [3.05, 3.63) is 65.4 Å². The summed E-state index contributed by atoms with van der Waals surface area (Å²) in [5.41, 5.74) is 0.846. The lowest BCUT2D eigenvalue weighted by molar-refractivity contribution is -0.137. The summed E-state index contributed by atoms with van der Waals surface area (Å²) in [6, 6.07) is 9.90. The number of methoxy groups -OCH3 is 1. The predicted octanol–water partition coefficient (Wildman–Crippen LogP) is 4.37. The molecule has 170 valence electrons. The highest BCUT2D eigenvalue weighted by Gasteiger charge is 2.39. The highest BCUT2D eigenvalue weighted by Crippen LogP contribution is 2.31. The Labute approximate surface area is 185 Å². The van der Waals surface area contributed by atoms with Gasteiger partial charge in [-0.1, -0.05) is 25.5 Å². The lowest BCUT2D eigenvalue weighted by Crippen LogP contribution is -2.34. The number of rotatable bonds is 11. The molecule has 0 spiro atoms. The topological polar surface area (TPSA) is 67.9 Å². The summed E-state index contributed by atoms with van der Waals surface area (Å²) in [5.74, 6) is -2.45. The van der Waals surface area contributed by atoms with Gasteiger partial charge in [0.1, 0.15) is 11.4 Å². The number of halogens is 2. The predicted molar refractivity (Wildman–Crippen MR) is 117 cm³/mol. The highest BCUT2D eigenvalue weighted by atomic mass is 19.2. The Balaban J connectivity index is 1.85. The van der Waals surface area contributed by atoms with Crippen molar-refractivity contribution in [2.75, 3.05) is 32.2 Å². The van der Waals surface area contributed by atoms with E-state index >= 15 is 0 Å². The molecule has 0 radical (unpaired) electrons. The summed E-state index contributed by atoms with van der Waals surface area (Å²) in [4.78, 5) is 27.4. The molecule has 1 heterocycles. The molecule has 0 unspecified atom stereocenters. The van der Waals surface area contributed by atoms with Crippen LogP contribution in [0.2, 0.25) is 0 Å². The number of carbonyl (C=O) groups excluding carboxylic acids is 2. The number of hydrogen-bond donors (Lipinski definition) is 1. The van der Waals surface area contributed by atoms with Crippen LogP contribution in [0.4, 0.5) is 14.5 Å². The molecule has 3 rings (SSSR count). The van der Waals surface area contributed by atoms with E-state index in [0.29, 0.717) is 30.9 Å². The van der Waals surface area contributed by atoms with Crippen molar-refractivity contribution in [1.82, 2.24) is 4.90 Å². The smallest absolute Gasteiger partial charge is 0.278 e. The third-order valence-corrected chi connectivity index (χ3v) is 5.05. The molecule has 2 aromatic rings. The Morgan fingerprint density at radius 3 is 2.31 bits per heavy atom. The van der Waals surface area contributed by atoms with Gasteiger partial charge in [-0.25, -0.2) is 8.78 Å². The zero-order chi connectivity index (χ0) is 23.1. The fraction of sp³-hybridized carbons (Fsp3) is 0.333. The largest absolute Gasteiger partial charge is 0.497 e. The molecule has 1 N–H and O–H groups in total. The van der Waals surface area contributed by atoms with Crippen molar-refractivity contribution in [2.45, 2.75) is 26.2 Å². The van der Waals surface area contributed by atoms with Gasteiger partial charge in [0.05, 0.1) is 12.7 Å². The van der Waals surface area contributed by atoms with E-state index in [1.165, 1.54) is 13.2 Å². The van der Waals surface area contributed by atoms with Crippen LogP contribution in [0, 0.1) is 11.6 Å². The van der Waals surface area contributed by atoms with Crippen molar-refractivity contribution in [1.29, 1.82) is 0 Å². The molecule has 6 nitrogen and oxygen atoms in total. The van der Waals surface area contributed by atoms with Crippen molar-refractivity contribution in [3.63, 3.8) is 0 Å². The van der Waals surface area contributed by atoms with Gasteiger partial charge in [0.2, 0.25) is 0 Å². The number of unbranched alkanes of at least 4 members (excludes halogenated alkanes) is 1. The number of carbonyl (C=O) groups is 2. The summed E-state index contributed by atoms with van der Waals surface area (Å²) in [7, 11) is 1.53. The lowest BCUT2D eigenvalue weighted by Gasteiger charge is -2.15. The second-order valence-electron chi connectivity index (χ2n) is 7.31. The SMILES string of the molecule is CCCCOCCCN1C(=O)C(Nc2ccc(F)c(F)c2)=C(c2ccc(OC)cc2)C1=O. The third kappa shape index (κ3) is 5.31. The highest BCUT2D eigenvalue weighted by molar-refractivity contribution is 6.36. The first-order valence-corrected chi connectivity index (χ1v) is 10.5. The number of imide groups is 1. The summed E-state index contributed by atoms with van der Waals surface area (Å²) in [6.45, 7) is 3.32. The van der Waals surface area contributed by atoms with Gasteiger partial charge in [-0.3, -0.25) is 14.5 Å². The minimum absolute atomic E-state index is 0.0121. The van der Waals surface area contributed by atoms with Gasteiger partial charge < -0.3 is 14.8 Å². The molecule has 2 amide bonds. The lowest BCUT2D eigenvalue weighted by atomic mass is 10.0. The van der Waals surface area contributed by atoms with Crippen LogP contribution in [0.15, 0.2) is 48.2 Å². The van der Waals surface area contributed by atoms with E-state index in [0.717, 1.165) is 29.9 Å². The molecular formula is C24H26F2N2O4. The monoisotopic (exact) mass is 444 g/mol. The number of nitrogens with one attached hydrogen (secondary N) is 1. The number of benzene rings is 2. The standard InChI is InChI=1S/C24H26F2N2O4/c1-3-4-13-32-14-5-12-28-23(29)21(16-6-9-18(31-2)10-7-16)22(24(28)30)27-17-8-11-19(25)20(26)15-17/h6-11,15,27H,3-5,12-14H2,1-2H3. The minimum atomic E-state index is -1.06. The summed E-state index contributed by atoms with van der Waals surface area (Å²) < 4.78 is 37.7. The summed E-state index contributed by atoms with van der Waals surface area (Å²) >= 11 is 0. The van der Waals surface area contributed by atoms with Gasteiger partial charge in [0.25, 0.3) is 11.8 Å². The Morgan fingerprint density at radius 1 is 0.938 bits per heavy atom. The van der Waals surface area contributed by atoms with Crippen LogP contribution in [0.5, 0.6) is 5.75 Å².